The van der Waals surface area contributed by atoms with Gasteiger partial charge < -0.3 is 5.32 Å². The highest BCUT2D eigenvalue weighted by Gasteiger charge is 2.33. The zero-order chi connectivity index (χ0) is 20.4. The molecule has 0 radical (unpaired) electrons. The van der Waals surface area contributed by atoms with Crippen molar-refractivity contribution in [3.8, 4) is 0 Å². The second-order valence-corrected chi connectivity index (χ2v) is 8.62. The molecule has 0 fully saturated rings. The van der Waals surface area contributed by atoms with E-state index in [-0.39, 0.29) is 10.5 Å². The van der Waals surface area contributed by atoms with E-state index in [1.54, 1.807) is 17.6 Å². The van der Waals surface area contributed by atoms with Crippen LogP contribution in [0.4, 0.5) is 24.0 Å². The van der Waals surface area contributed by atoms with E-state index in [0.29, 0.717) is 10.8 Å². The Hall–Kier alpha value is -2.72. The molecule has 0 aliphatic heterocycles. The van der Waals surface area contributed by atoms with Gasteiger partial charge in [-0.05, 0) is 35.9 Å². The molecule has 0 spiro atoms. The SMILES string of the molecule is C=CC(c1cccc(C(F)(F)F)c1)S(=O)(=O)c1ccc(Nc2nncs2)cc1. The van der Waals surface area contributed by atoms with Gasteiger partial charge in [0.2, 0.25) is 5.13 Å². The predicted molar refractivity (Wildman–Crippen MR) is 101 cm³/mol. The summed E-state index contributed by atoms with van der Waals surface area (Å²) in [6.45, 7) is 3.50. The highest BCUT2D eigenvalue weighted by atomic mass is 32.2. The Labute approximate surface area is 163 Å². The maximum Gasteiger partial charge on any atom is 0.416 e. The molecule has 0 saturated carbocycles. The van der Waals surface area contributed by atoms with Crippen molar-refractivity contribution in [2.24, 2.45) is 0 Å². The van der Waals surface area contributed by atoms with Crippen LogP contribution in [0.15, 0.2) is 71.6 Å². The maximum absolute atomic E-state index is 13.0. The van der Waals surface area contributed by atoms with E-state index in [9.17, 15) is 21.6 Å². The molecule has 1 aromatic heterocycles. The standard InChI is InChI=1S/C18H14F3N3O2S2/c1-2-16(12-4-3-5-13(10-12)18(19,20)21)28(25,26)15-8-6-14(7-9-15)23-17-24-22-11-27-17/h2-11,16H,1H2,(H,23,24). The summed E-state index contributed by atoms with van der Waals surface area (Å²) in [5, 5.41) is 9.72. The van der Waals surface area contributed by atoms with Crippen LogP contribution in [0.2, 0.25) is 0 Å². The summed E-state index contributed by atoms with van der Waals surface area (Å²) in [5.74, 6) is 0. The van der Waals surface area contributed by atoms with Gasteiger partial charge in [-0.2, -0.15) is 13.2 Å². The molecule has 0 aliphatic rings. The molecule has 0 bridgehead atoms. The van der Waals surface area contributed by atoms with Crippen LogP contribution in [0.25, 0.3) is 0 Å². The Morgan fingerprint density at radius 1 is 1.14 bits per heavy atom. The maximum atomic E-state index is 13.0. The fourth-order valence-corrected chi connectivity index (χ4v) is 4.59. The van der Waals surface area contributed by atoms with Crippen molar-refractivity contribution < 1.29 is 21.6 Å². The molecule has 0 saturated heterocycles. The molecule has 10 heteroatoms. The smallest absolute Gasteiger partial charge is 0.330 e. The summed E-state index contributed by atoms with van der Waals surface area (Å²) in [4.78, 5) is -0.0300. The average Bonchev–Trinajstić information content (AvgIpc) is 3.15. The van der Waals surface area contributed by atoms with Crippen molar-refractivity contribution in [3.05, 3.63) is 77.8 Å². The third-order valence-electron chi connectivity index (χ3n) is 3.89. The molecular formula is C18H14F3N3O2S2. The van der Waals surface area contributed by atoms with Gasteiger partial charge in [-0.1, -0.05) is 35.6 Å². The molecule has 1 heterocycles. The van der Waals surface area contributed by atoms with E-state index in [4.69, 9.17) is 0 Å². The average molecular weight is 425 g/mol. The number of nitrogens with zero attached hydrogens (tertiary/aromatic N) is 2. The topological polar surface area (TPSA) is 72.0 Å². The number of anilines is 2. The Bertz CT molecular complexity index is 1060. The first kappa shape index (κ1) is 20.0. The second-order valence-electron chi connectivity index (χ2n) is 5.72. The zero-order valence-electron chi connectivity index (χ0n) is 14.2. The van der Waals surface area contributed by atoms with Gasteiger partial charge in [-0.15, -0.1) is 16.8 Å². The van der Waals surface area contributed by atoms with Crippen LogP contribution >= 0.6 is 11.3 Å². The van der Waals surface area contributed by atoms with Crippen LogP contribution in [-0.2, 0) is 16.0 Å². The van der Waals surface area contributed by atoms with E-state index in [2.05, 4.69) is 22.1 Å². The summed E-state index contributed by atoms with van der Waals surface area (Å²) < 4.78 is 64.8. The van der Waals surface area contributed by atoms with Crippen molar-refractivity contribution in [1.29, 1.82) is 0 Å². The number of aromatic nitrogens is 2. The first-order chi connectivity index (χ1) is 13.2. The Morgan fingerprint density at radius 3 is 2.43 bits per heavy atom. The van der Waals surface area contributed by atoms with Crippen LogP contribution in [0, 0.1) is 0 Å². The molecule has 5 nitrogen and oxygen atoms in total. The van der Waals surface area contributed by atoms with Gasteiger partial charge in [-0.3, -0.25) is 0 Å². The van der Waals surface area contributed by atoms with E-state index >= 15 is 0 Å². The van der Waals surface area contributed by atoms with Crippen LogP contribution in [0.5, 0.6) is 0 Å². The minimum atomic E-state index is -4.57. The lowest BCUT2D eigenvalue weighted by Gasteiger charge is -2.16. The van der Waals surface area contributed by atoms with Gasteiger partial charge in [0.05, 0.1) is 10.5 Å². The van der Waals surface area contributed by atoms with Crippen LogP contribution in [0.3, 0.4) is 0 Å². The minimum Gasteiger partial charge on any atom is -0.330 e. The Morgan fingerprint density at radius 2 is 1.86 bits per heavy atom. The quantitative estimate of drug-likeness (QED) is 0.563. The summed E-state index contributed by atoms with van der Waals surface area (Å²) in [6.07, 6.45) is -3.44. The summed E-state index contributed by atoms with van der Waals surface area (Å²) in [7, 11) is -3.98. The largest absolute Gasteiger partial charge is 0.416 e. The number of hydrogen-bond acceptors (Lipinski definition) is 6. The zero-order valence-corrected chi connectivity index (χ0v) is 15.9. The Balaban J connectivity index is 1.91. The normalized spacial score (nSPS) is 13.1. The van der Waals surface area contributed by atoms with E-state index in [0.717, 1.165) is 18.2 Å². The second kappa shape index (κ2) is 7.72. The number of hydrogen-bond donors (Lipinski definition) is 1. The number of benzene rings is 2. The molecule has 0 aliphatic carbocycles. The van der Waals surface area contributed by atoms with E-state index < -0.39 is 26.8 Å². The van der Waals surface area contributed by atoms with Crippen molar-refractivity contribution >= 4 is 32.0 Å². The highest BCUT2D eigenvalue weighted by Crippen LogP contribution is 2.35. The predicted octanol–water partition coefficient (Wildman–Crippen LogP) is 5.00. The highest BCUT2D eigenvalue weighted by molar-refractivity contribution is 7.91. The van der Waals surface area contributed by atoms with Crippen molar-refractivity contribution in [2.75, 3.05) is 5.32 Å². The molecule has 2 aromatic carbocycles. The van der Waals surface area contributed by atoms with Gasteiger partial charge in [-0.25, -0.2) is 8.42 Å². The fraction of sp³-hybridized carbons (Fsp3) is 0.111. The summed E-state index contributed by atoms with van der Waals surface area (Å²) >= 11 is 1.28. The van der Waals surface area contributed by atoms with Gasteiger partial charge >= 0.3 is 6.18 Å². The molecule has 0 amide bonds. The van der Waals surface area contributed by atoms with Crippen LogP contribution < -0.4 is 5.32 Å². The van der Waals surface area contributed by atoms with Crippen LogP contribution in [0.1, 0.15) is 16.4 Å². The minimum absolute atomic E-state index is 0.000821. The molecule has 3 rings (SSSR count). The third-order valence-corrected chi connectivity index (χ3v) is 6.55. The molecule has 3 aromatic rings. The molecule has 1 N–H and O–H groups in total. The fourth-order valence-electron chi connectivity index (χ4n) is 2.56. The number of halogens is 3. The molecule has 1 unspecified atom stereocenters. The lowest BCUT2D eigenvalue weighted by molar-refractivity contribution is -0.137. The van der Waals surface area contributed by atoms with E-state index in [1.807, 2.05) is 0 Å². The van der Waals surface area contributed by atoms with Crippen LogP contribution in [-0.4, -0.2) is 18.6 Å². The summed E-state index contributed by atoms with van der Waals surface area (Å²) in [6, 6.07) is 10.1. The monoisotopic (exact) mass is 425 g/mol. The van der Waals surface area contributed by atoms with Crippen molar-refractivity contribution in [2.45, 2.75) is 16.3 Å². The first-order valence-corrected chi connectivity index (χ1v) is 10.3. The van der Waals surface area contributed by atoms with Gasteiger partial charge in [0.15, 0.2) is 9.84 Å². The number of nitrogens with one attached hydrogen (secondary N) is 1. The molecular weight excluding hydrogens is 411 g/mol. The molecule has 28 heavy (non-hydrogen) atoms. The van der Waals surface area contributed by atoms with E-state index in [1.165, 1.54) is 35.6 Å². The molecule has 146 valence electrons. The van der Waals surface area contributed by atoms with Gasteiger partial charge in [0.1, 0.15) is 10.8 Å². The first-order valence-electron chi connectivity index (χ1n) is 7.88. The number of sulfone groups is 1. The lowest BCUT2D eigenvalue weighted by atomic mass is 10.1. The Kier molecular flexibility index (Phi) is 5.52. The third kappa shape index (κ3) is 4.23. The van der Waals surface area contributed by atoms with Crippen molar-refractivity contribution in [1.82, 2.24) is 10.2 Å². The summed E-state index contributed by atoms with van der Waals surface area (Å²) in [5.41, 5.74) is 1.24. The van der Waals surface area contributed by atoms with Crippen molar-refractivity contribution in [3.63, 3.8) is 0 Å². The lowest BCUT2D eigenvalue weighted by Crippen LogP contribution is -2.13. The van der Waals surface area contributed by atoms with Gasteiger partial charge in [0, 0.05) is 5.69 Å². The number of alkyl halides is 3. The molecule has 1 atom stereocenters. The number of rotatable bonds is 6. The van der Waals surface area contributed by atoms with Gasteiger partial charge in [0.25, 0.3) is 0 Å².